The van der Waals surface area contributed by atoms with Gasteiger partial charge in [0, 0.05) is 16.6 Å². The molecule has 1 saturated heterocycles. The number of halogens is 1. The Morgan fingerprint density at radius 3 is 2.66 bits per heavy atom. The number of nitrogens with zero attached hydrogens (tertiary/aromatic N) is 1. The van der Waals surface area contributed by atoms with E-state index in [0.717, 1.165) is 28.2 Å². The number of benzene rings is 2. The Balaban J connectivity index is 1.71. The zero-order chi connectivity index (χ0) is 20.8. The lowest BCUT2D eigenvalue weighted by molar-refractivity contribution is -0.307. The molecule has 3 rings (SSSR count). The number of imide groups is 1. The molecule has 0 atom stereocenters. The molecule has 6 nitrogen and oxygen atoms in total. The van der Waals surface area contributed by atoms with E-state index >= 15 is 0 Å². The van der Waals surface area contributed by atoms with Crippen molar-refractivity contribution in [3.05, 3.63) is 69.0 Å². The molecule has 8 heteroatoms. The third-order valence-electron chi connectivity index (χ3n) is 4.17. The zero-order valence-electron chi connectivity index (χ0n) is 15.3. The van der Waals surface area contributed by atoms with Crippen LogP contribution in [0.15, 0.2) is 57.9 Å². The number of hydrogen-bond acceptors (Lipinski definition) is 6. The summed E-state index contributed by atoms with van der Waals surface area (Å²) in [7, 11) is 0. The van der Waals surface area contributed by atoms with Crippen LogP contribution < -0.4 is 9.84 Å². The van der Waals surface area contributed by atoms with Crippen molar-refractivity contribution in [2.45, 2.75) is 12.8 Å². The quantitative estimate of drug-likeness (QED) is 0.545. The third kappa shape index (κ3) is 5.71. The number of ether oxygens (including phenoxy) is 1. The standard InChI is InChI=1S/C21H18BrNO5S/c22-16-8-9-17(28-13-19(24)25)15(11-16)12-18-20(26)23(21(27)29-18)10-4-7-14-5-2-1-3-6-14/h1-3,5-6,8-9,11-12H,4,7,10,13H2,(H,24,25)/p-1/b18-12-. The van der Waals surface area contributed by atoms with Crippen molar-refractivity contribution in [1.29, 1.82) is 0 Å². The van der Waals surface area contributed by atoms with E-state index in [2.05, 4.69) is 15.9 Å². The predicted molar refractivity (Wildman–Crippen MR) is 112 cm³/mol. The molecule has 1 heterocycles. The summed E-state index contributed by atoms with van der Waals surface area (Å²) >= 11 is 4.20. The van der Waals surface area contributed by atoms with E-state index in [1.165, 1.54) is 11.0 Å². The van der Waals surface area contributed by atoms with Gasteiger partial charge in [0.2, 0.25) is 0 Å². The van der Waals surface area contributed by atoms with Gasteiger partial charge in [-0.25, -0.2) is 0 Å². The second-order valence-electron chi connectivity index (χ2n) is 6.27. The van der Waals surface area contributed by atoms with Crippen LogP contribution in [-0.4, -0.2) is 35.2 Å². The summed E-state index contributed by atoms with van der Waals surface area (Å²) in [6.07, 6.45) is 2.98. The lowest BCUT2D eigenvalue weighted by atomic mass is 10.1. The molecule has 1 aliphatic heterocycles. The van der Waals surface area contributed by atoms with Crippen LogP contribution in [0.3, 0.4) is 0 Å². The lowest BCUT2D eigenvalue weighted by Crippen LogP contribution is -2.29. The highest BCUT2D eigenvalue weighted by atomic mass is 79.9. The Morgan fingerprint density at radius 1 is 1.17 bits per heavy atom. The highest BCUT2D eigenvalue weighted by Gasteiger charge is 2.34. The van der Waals surface area contributed by atoms with Crippen LogP contribution in [0, 0.1) is 0 Å². The van der Waals surface area contributed by atoms with Gasteiger partial charge in [-0.1, -0.05) is 46.3 Å². The topological polar surface area (TPSA) is 86.7 Å². The number of rotatable bonds is 8. The Morgan fingerprint density at radius 2 is 1.93 bits per heavy atom. The largest absolute Gasteiger partial charge is 0.546 e. The maximum Gasteiger partial charge on any atom is 0.293 e. The molecule has 0 radical (unpaired) electrons. The number of aliphatic carboxylic acids is 1. The van der Waals surface area contributed by atoms with E-state index in [4.69, 9.17) is 4.74 Å². The molecule has 1 fully saturated rings. The van der Waals surface area contributed by atoms with E-state index < -0.39 is 12.6 Å². The summed E-state index contributed by atoms with van der Waals surface area (Å²) < 4.78 is 5.95. The minimum absolute atomic E-state index is 0.270. The van der Waals surface area contributed by atoms with E-state index in [1.807, 2.05) is 30.3 Å². The van der Waals surface area contributed by atoms with Gasteiger partial charge in [0.1, 0.15) is 12.4 Å². The van der Waals surface area contributed by atoms with Crippen molar-refractivity contribution < 1.29 is 24.2 Å². The normalized spacial score (nSPS) is 15.2. The molecule has 0 N–H and O–H groups in total. The fraction of sp³-hybridized carbons (Fsp3) is 0.190. The van der Waals surface area contributed by atoms with E-state index in [-0.39, 0.29) is 21.8 Å². The molecule has 2 aromatic rings. The summed E-state index contributed by atoms with van der Waals surface area (Å²) in [4.78, 5) is 37.2. The number of carboxylic acids is 1. The molecule has 2 aromatic carbocycles. The average molecular weight is 475 g/mol. The second-order valence-corrected chi connectivity index (χ2v) is 8.17. The Kier molecular flexibility index (Phi) is 7.11. The lowest BCUT2D eigenvalue weighted by Gasteiger charge is -2.12. The van der Waals surface area contributed by atoms with Gasteiger partial charge in [-0.2, -0.15) is 0 Å². The predicted octanol–water partition coefficient (Wildman–Crippen LogP) is 3.25. The average Bonchev–Trinajstić information content (AvgIpc) is 2.95. The number of carbonyl (C=O) groups is 3. The minimum Gasteiger partial charge on any atom is -0.546 e. The number of hydrogen-bond donors (Lipinski definition) is 0. The van der Waals surface area contributed by atoms with Crippen LogP contribution in [-0.2, 0) is 16.0 Å². The van der Waals surface area contributed by atoms with Gasteiger partial charge in [0.05, 0.1) is 10.9 Å². The maximum atomic E-state index is 12.7. The van der Waals surface area contributed by atoms with Crippen molar-refractivity contribution in [2.75, 3.05) is 13.2 Å². The smallest absolute Gasteiger partial charge is 0.293 e. The van der Waals surface area contributed by atoms with Crippen LogP contribution in [0.2, 0.25) is 0 Å². The third-order valence-corrected chi connectivity index (χ3v) is 5.57. The van der Waals surface area contributed by atoms with Crippen molar-refractivity contribution >= 4 is 50.9 Å². The van der Waals surface area contributed by atoms with Gasteiger partial charge in [0.25, 0.3) is 11.1 Å². The molecule has 2 amide bonds. The van der Waals surface area contributed by atoms with Crippen molar-refractivity contribution in [2.24, 2.45) is 0 Å². The fourth-order valence-electron chi connectivity index (χ4n) is 2.82. The molecule has 0 spiro atoms. The van der Waals surface area contributed by atoms with Crippen molar-refractivity contribution in [3.8, 4) is 5.75 Å². The van der Waals surface area contributed by atoms with Gasteiger partial charge in [-0.15, -0.1) is 0 Å². The number of thioether (sulfide) groups is 1. The zero-order valence-corrected chi connectivity index (χ0v) is 17.7. The molecule has 150 valence electrons. The molecule has 29 heavy (non-hydrogen) atoms. The molecule has 0 unspecified atom stereocenters. The first-order valence-corrected chi connectivity index (χ1v) is 10.5. The van der Waals surface area contributed by atoms with Gasteiger partial charge < -0.3 is 14.6 Å². The molecule has 0 aromatic heterocycles. The van der Waals surface area contributed by atoms with E-state index in [9.17, 15) is 19.5 Å². The number of aryl methyl sites for hydroxylation is 1. The Hall–Kier alpha value is -2.58. The summed E-state index contributed by atoms with van der Waals surface area (Å²) in [6.45, 7) is -0.271. The Bertz CT molecular complexity index is 961. The summed E-state index contributed by atoms with van der Waals surface area (Å²) in [5, 5.41) is 10.3. The number of carboxylic acid groups (broad SMARTS) is 1. The highest BCUT2D eigenvalue weighted by Crippen LogP contribution is 2.35. The van der Waals surface area contributed by atoms with Crippen molar-refractivity contribution in [3.63, 3.8) is 0 Å². The van der Waals surface area contributed by atoms with Gasteiger partial charge >= 0.3 is 0 Å². The monoisotopic (exact) mass is 474 g/mol. The molecule has 0 saturated carbocycles. The molecule has 0 aliphatic carbocycles. The van der Waals surface area contributed by atoms with Crippen LogP contribution in [0.4, 0.5) is 4.79 Å². The van der Waals surface area contributed by atoms with Crippen LogP contribution in [0.1, 0.15) is 17.5 Å². The summed E-state index contributed by atoms with van der Waals surface area (Å²) in [5.41, 5.74) is 1.65. The molecule has 0 bridgehead atoms. The molecule has 1 aliphatic rings. The van der Waals surface area contributed by atoms with E-state index in [0.29, 0.717) is 18.5 Å². The van der Waals surface area contributed by atoms with Gasteiger partial charge in [-0.3, -0.25) is 14.5 Å². The van der Waals surface area contributed by atoms with Crippen LogP contribution in [0.5, 0.6) is 5.75 Å². The summed E-state index contributed by atoms with van der Waals surface area (Å²) in [5.74, 6) is -1.43. The SMILES string of the molecule is O=C([O-])COc1ccc(Br)cc1/C=C1\SC(=O)N(CCCc2ccccc2)C1=O. The second kappa shape index (κ2) is 9.76. The van der Waals surface area contributed by atoms with Crippen molar-refractivity contribution in [1.82, 2.24) is 4.90 Å². The molecular weight excluding hydrogens is 458 g/mol. The van der Waals surface area contributed by atoms with Gasteiger partial charge in [-0.05, 0) is 54.4 Å². The number of amides is 2. The van der Waals surface area contributed by atoms with E-state index in [1.54, 1.807) is 18.2 Å². The van der Waals surface area contributed by atoms with Gasteiger partial charge in [0.15, 0.2) is 0 Å². The fourth-order valence-corrected chi connectivity index (χ4v) is 4.05. The van der Waals surface area contributed by atoms with Crippen LogP contribution in [0.25, 0.3) is 6.08 Å². The molecular formula is C21H17BrNO5S-. The number of carbonyl (C=O) groups excluding carboxylic acids is 3. The minimum atomic E-state index is -1.35. The maximum absolute atomic E-state index is 12.7. The highest BCUT2D eigenvalue weighted by molar-refractivity contribution is 9.10. The summed E-state index contributed by atoms with van der Waals surface area (Å²) in [6, 6.07) is 14.8. The van der Waals surface area contributed by atoms with Crippen LogP contribution >= 0.6 is 27.7 Å². The first-order chi connectivity index (χ1) is 13.9. The first-order valence-electron chi connectivity index (χ1n) is 8.85. The Labute approximate surface area is 180 Å². The first kappa shape index (κ1) is 21.1.